The number of benzene rings is 1. The number of thiazole rings is 1. The van der Waals surface area contributed by atoms with Crippen molar-refractivity contribution in [3.63, 3.8) is 0 Å². The van der Waals surface area contributed by atoms with E-state index in [9.17, 15) is 9.59 Å². The Kier molecular flexibility index (Phi) is 5.88. The van der Waals surface area contributed by atoms with E-state index in [1.54, 1.807) is 27.6 Å². The van der Waals surface area contributed by atoms with Crippen LogP contribution >= 0.6 is 22.7 Å². The van der Waals surface area contributed by atoms with E-state index in [1.807, 2.05) is 35.0 Å². The lowest BCUT2D eigenvalue weighted by Crippen LogP contribution is -2.41. The Hall–Kier alpha value is -3.80. The molecule has 1 aliphatic heterocycles. The van der Waals surface area contributed by atoms with E-state index >= 15 is 0 Å². The number of hydrogen-bond donors (Lipinski definition) is 2. The highest BCUT2D eigenvalue weighted by atomic mass is 32.1. The van der Waals surface area contributed by atoms with Gasteiger partial charge < -0.3 is 20.7 Å². The van der Waals surface area contributed by atoms with E-state index in [1.165, 1.54) is 22.7 Å². The molecule has 0 atom stereocenters. The van der Waals surface area contributed by atoms with Crippen molar-refractivity contribution in [2.45, 2.75) is 6.54 Å². The molecule has 1 saturated heterocycles. The van der Waals surface area contributed by atoms with Gasteiger partial charge in [-0.25, -0.2) is 9.97 Å². The van der Waals surface area contributed by atoms with Crippen LogP contribution in [-0.4, -0.2) is 57.4 Å². The second kappa shape index (κ2) is 9.34. The molecular weight excluding hydrogens is 496 g/mol. The predicted octanol–water partition coefficient (Wildman–Crippen LogP) is 3.66. The summed E-state index contributed by atoms with van der Waals surface area (Å²) in [5, 5.41) is 7.41. The van der Waals surface area contributed by atoms with Gasteiger partial charge >= 0.3 is 0 Å². The molecule has 0 unspecified atom stereocenters. The van der Waals surface area contributed by atoms with Gasteiger partial charge in [0.05, 0.1) is 29.0 Å². The van der Waals surface area contributed by atoms with Crippen molar-refractivity contribution in [1.29, 1.82) is 0 Å². The van der Waals surface area contributed by atoms with Gasteiger partial charge in [-0.2, -0.15) is 11.3 Å². The SMILES string of the molecule is Nc1nc2ccc(CNC(=O)c3cccn4c(C(=O)N5CCOCC5)c(-c5ccsc5)nc34)cc2s1. The average Bonchev–Trinajstić information content (AvgIpc) is 3.64. The summed E-state index contributed by atoms with van der Waals surface area (Å²) in [6.45, 7) is 2.38. The highest BCUT2D eigenvalue weighted by Gasteiger charge is 2.28. The van der Waals surface area contributed by atoms with Crippen LogP contribution in [0.4, 0.5) is 5.13 Å². The lowest BCUT2D eigenvalue weighted by atomic mass is 10.2. The zero-order valence-electron chi connectivity index (χ0n) is 19.1. The van der Waals surface area contributed by atoms with E-state index in [-0.39, 0.29) is 11.8 Å². The molecule has 1 fully saturated rings. The number of aromatic nitrogens is 3. The van der Waals surface area contributed by atoms with Crippen molar-refractivity contribution >= 4 is 55.5 Å². The summed E-state index contributed by atoms with van der Waals surface area (Å²) < 4.78 is 8.12. The maximum atomic E-state index is 13.6. The number of nitrogens with two attached hydrogens (primary N) is 1. The molecule has 36 heavy (non-hydrogen) atoms. The monoisotopic (exact) mass is 518 g/mol. The van der Waals surface area contributed by atoms with Crippen molar-refractivity contribution in [2.24, 2.45) is 0 Å². The number of morpholine rings is 1. The first-order valence-corrected chi connectivity index (χ1v) is 13.2. The lowest BCUT2D eigenvalue weighted by Gasteiger charge is -2.26. The number of imidazole rings is 1. The number of amides is 2. The van der Waals surface area contributed by atoms with Crippen molar-refractivity contribution in [2.75, 3.05) is 32.0 Å². The van der Waals surface area contributed by atoms with Gasteiger partial charge in [-0.05, 0) is 41.3 Å². The first-order chi connectivity index (χ1) is 17.6. The third kappa shape index (κ3) is 4.11. The number of hydrogen-bond acceptors (Lipinski definition) is 8. The molecule has 0 radical (unpaired) electrons. The minimum atomic E-state index is -0.267. The molecule has 6 rings (SSSR count). The fraction of sp³-hybridized carbons (Fsp3) is 0.200. The van der Waals surface area contributed by atoms with Gasteiger partial charge in [0, 0.05) is 36.8 Å². The Morgan fingerprint density at radius 3 is 2.81 bits per heavy atom. The topological polar surface area (TPSA) is 115 Å². The highest BCUT2D eigenvalue weighted by Crippen LogP contribution is 2.29. The summed E-state index contributed by atoms with van der Waals surface area (Å²) in [6.07, 6.45) is 1.78. The third-order valence-electron chi connectivity index (χ3n) is 6.11. The number of rotatable bonds is 5. The van der Waals surface area contributed by atoms with Crippen molar-refractivity contribution in [3.8, 4) is 11.3 Å². The molecule has 4 aromatic heterocycles. The Morgan fingerprint density at radius 1 is 1.14 bits per heavy atom. The highest BCUT2D eigenvalue weighted by molar-refractivity contribution is 7.22. The van der Waals surface area contributed by atoms with Gasteiger partial charge in [0.25, 0.3) is 11.8 Å². The maximum Gasteiger partial charge on any atom is 0.273 e. The van der Waals surface area contributed by atoms with Crippen LogP contribution in [0.5, 0.6) is 0 Å². The van der Waals surface area contributed by atoms with Crippen molar-refractivity contribution in [3.05, 3.63) is 70.2 Å². The molecule has 182 valence electrons. The van der Waals surface area contributed by atoms with Gasteiger partial charge in [-0.15, -0.1) is 0 Å². The second-order valence-corrected chi connectivity index (χ2v) is 10.2. The van der Waals surface area contributed by atoms with Gasteiger partial charge in [-0.1, -0.05) is 17.4 Å². The lowest BCUT2D eigenvalue weighted by molar-refractivity contribution is 0.0299. The molecule has 5 aromatic rings. The fourth-order valence-corrected chi connectivity index (χ4v) is 5.78. The maximum absolute atomic E-state index is 13.6. The molecule has 0 saturated carbocycles. The van der Waals surface area contributed by atoms with Crippen molar-refractivity contribution < 1.29 is 14.3 Å². The van der Waals surface area contributed by atoms with Crippen LogP contribution in [0, 0.1) is 0 Å². The van der Waals surface area contributed by atoms with E-state index in [4.69, 9.17) is 15.5 Å². The van der Waals surface area contributed by atoms with Gasteiger partial charge in [-0.3, -0.25) is 14.0 Å². The molecule has 0 bridgehead atoms. The Bertz CT molecular complexity index is 1580. The first kappa shape index (κ1) is 22.7. The number of ether oxygens (including phenoxy) is 1. The number of thiophene rings is 1. The van der Waals surface area contributed by atoms with Crippen LogP contribution in [0.25, 0.3) is 27.1 Å². The largest absolute Gasteiger partial charge is 0.378 e. The molecule has 2 amide bonds. The molecule has 11 heteroatoms. The van der Waals surface area contributed by atoms with Gasteiger partial charge in [0.2, 0.25) is 0 Å². The number of carbonyl (C=O) groups is 2. The number of nitrogen functional groups attached to an aromatic ring is 1. The molecule has 9 nitrogen and oxygen atoms in total. The zero-order valence-corrected chi connectivity index (χ0v) is 20.8. The summed E-state index contributed by atoms with van der Waals surface area (Å²) in [6, 6.07) is 11.2. The Labute approximate surface area is 214 Å². The minimum absolute atomic E-state index is 0.123. The standard InChI is InChI=1S/C25H22N6O3S2/c26-25-28-18-4-3-15(12-19(18)36-25)13-27-23(32)17-2-1-6-31-21(24(33)30-7-9-34-10-8-30)20(29-22(17)31)16-5-11-35-14-16/h1-6,11-12,14H,7-10,13H2,(H2,26,28)(H,27,32). The van der Waals surface area contributed by atoms with Gasteiger partial charge in [0.1, 0.15) is 11.4 Å². The van der Waals surface area contributed by atoms with Crippen LogP contribution in [0.3, 0.4) is 0 Å². The first-order valence-electron chi connectivity index (χ1n) is 11.4. The van der Waals surface area contributed by atoms with Crippen LogP contribution in [0.1, 0.15) is 26.4 Å². The van der Waals surface area contributed by atoms with E-state index in [0.717, 1.165) is 21.3 Å². The Balaban J connectivity index is 1.34. The molecule has 1 aromatic carbocycles. The number of nitrogens with one attached hydrogen (secondary N) is 1. The number of pyridine rings is 1. The number of carbonyl (C=O) groups excluding carboxylic acids is 2. The molecule has 0 spiro atoms. The molecule has 1 aliphatic rings. The predicted molar refractivity (Wildman–Crippen MR) is 140 cm³/mol. The summed E-state index contributed by atoms with van der Waals surface area (Å²) in [4.78, 5) is 37.7. The molecule has 3 N–H and O–H groups in total. The zero-order chi connectivity index (χ0) is 24.6. The molecular formula is C25H22N6O3S2. The van der Waals surface area contributed by atoms with Crippen LogP contribution in [-0.2, 0) is 11.3 Å². The summed E-state index contributed by atoms with van der Waals surface area (Å²) in [7, 11) is 0. The fourth-order valence-electron chi connectivity index (χ4n) is 4.34. The number of fused-ring (bicyclic) bond motifs is 2. The van der Waals surface area contributed by atoms with E-state index in [2.05, 4.69) is 10.3 Å². The number of nitrogens with zero attached hydrogens (tertiary/aromatic N) is 4. The van der Waals surface area contributed by atoms with Crippen LogP contribution in [0.2, 0.25) is 0 Å². The normalized spacial score (nSPS) is 13.9. The van der Waals surface area contributed by atoms with E-state index < -0.39 is 0 Å². The summed E-state index contributed by atoms with van der Waals surface area (Å²) in [5.41, 5.74) is 10.3. The van der Waals surface area contributed by atoms with Gasteiger partial charge in [0.15, 0.2) is 10.8 Å². The molecule has 0 aliphatic carbocycles. The molecule has 5 heterocycles. The minimum Gasteiger partial charge on any atom is -0.378 e. The average molecular weight is 519 g/mol. The van der Waals surface area contributed by atoms with E-state index in [0.29, 0.717) is 60.6 Å². The number of anilines is 1. The summed E-state index contributed by atoms with van der Waals surface area (Å²) >= 11 is 2.95. The second-order valence-electron chi connectivity index (χ2n) is 8.38. The van der Waals surface area contributed by atoms with Crippen LogP contribution < -0.4 is 11.1 Å². The quantitative estimate of drug-likeness (QED) is 0.367. The Morgan fingerprint density at radius 2 is 2.00 bits per heavy atom. The van der Waals surface area contributed by atoms with Crippen molar-refractivity contribution in [1.82, 2.24) is 24.6 Å². The smallest absolute Gasteiger partial charge is 0.273 e. The summed E-state index contributed by atoms with van der Waals surface area (Å²) in [5.74, 6) is -0.390. The van der Waals surface area contributed by atoms with Crippen LogP contribution in [0.15, 0.2) is 53.4 Å². The third-order valence-corrected chi connectivity index (χ3v) is 7.64.